The number of carbonyl (C=O) groups is 1. The number of piperazine rings is 1. The van der Waals surface area contributed by atoms with Gasteiger partial charge in [-0.1, -0.05) is 18.7 Å². The van der Waals surface area contributed by atoms with Gasteiger partial charge in [-0.2, -0.15) is 4.98 Å². The molecule has 40 heavy (non-hydrogen) atoms. The average Bonchev–Trinajstić information content (AvgIpc) is 3.35. The van der Waals surface area contributed by atoms with E-state index in [0.29, 0.717) is 55.3 Å². The number of nitrogens with one attached hydrogen (secondary N) is 2. The van der Waals surface area contributed by atoms with Crippen LogP contribution in [-0.4, -0.2) is 73.6 Å². The van der Waals surface area contributed by atoms with Gasteiger partial charge in [-0.3, -0.25) is 14.1 Å². The Bertz CT molecular complexity index is 1560. The molecule has 1 amide bonds. The molecule has 0 radical (unpaired) electrons. The molecule has 1 aliphatic heterocycles. The highest BCUT2D eigenvalue weighted by molar-refractivity contribution is 5.99. The molecule has 10 nitrogen and oxygen atoms in total. The first-order chi connectivity index (χ1) is 19.1. The van der Waals surface area contributed by atoms with Crippen molar-refractivity contribution >= 4 is 34.6 Å². The number of β-amino-alcohol motifs (C(OH)–C–C–N with tert-alkyl or cyclic N) is 1. The Morgan fingerprint density at radius 1 is 1.10 bits per heavy atom. The summed E-state index contributed by atoms with van der Waals surface area (Å²) in [6.45, 7) is 9.77. The average molecular weight is 549 g/mol. The molecule has 0 saturated carbocycles. The summed E-state index contributed by atoms with van der Waals surface area (Å²) in [5.41, 5.74) is 1.48. The van der Waals surface area contributed by atoms with Crippen LogP contribution >= 0.6 is 0 Å². The summed E-state index contributed by atoms with van der Waals surface area (Å²) in [5.74, 6) is -2.25. The number of halogens is 2. The second-order valence-electron chi connectivity index (χ2n) is 10.2. The van der Waals surface area contributed by atoms with E-state index >= 15 is 8.78 Å². The quantitative estimate of drug-likeness (QED) is 0.285. The maximum absolute atomic E-state index is 15.2. The van der Waals surface area contributed by atoms with Gasteiger partial charge in [-0.05, 0) is 44.2 Å². The molecule has 4 aromatic rings. The zero-order valence-electron chi connectivity index (χ0n) is 22.2. The minimum absolute atomic E-state index is 0.0663. The Morgan fingerprint density at radius 2 is 1.85 bits per heavy atom. The van der Waals surface area contributed by atoms with Gasteiger partial charge in [0.1, 0.15) is 18.3 Å². The van der Waals surface area contributed by atoms with Crippen molar-refractivity contribution < 1.29 is 18.7 Å². The van der Waals surface area contributed by atoms with Gasteiger partial charge in [0.2, 0.25) is 11.9 Å². The van der Waals surface area contributed by atoms with Gasteiger partial charge < -0.3 is 20.6 Å². The molecule has 0 spiro atoms. The Hall–Kier alpha value is -4.42. The Kier molecular flexibility index (Phi) is 7.46. The number of imidazole rings is 1. The van der Waals surface area contributed by atoms with Crippen LogP contribution < -0.4 is 15.5 Å². The summed E-state index contributed by atoms with van der Waals surface area (Å²) >= 11 is 0. The van der Waals surface area contributed by atoms with Crippen LogP contribution in [0, 0.1) is 11.6 Å². The summed E-state index contributed by atoms with van der Waals surface area (Å²) in [7, 11) is 0. The van der Waals surface area contributed by atoms with Crippen molar-refractivity contribution in [3.8, 4) is 11.3 Å². The summed E-state index contributed by atoms with van der Waals surface area (Å²) in [4.78, 5) is 28.7. The molecule has 5 rings (SSSR count). The number of amides is 1. The molecule has 1 saturated heterocycles. The first-order valence-electron chi connectivity index (χ1n) is 12.8. The van der Waals surface area contributed by atoms with E-state index in [-0.39, 0.29) is 23.2 Å². The molecule has 12 heteroatoms. The van der Waals surface area contributed by atoms with Crippen molar-refractivity contribution in [2.45, 2.75) is 19.4 Å². The van der Waals surface area contributed by atoms with Crippen molar-refractivity contribution in [3.05, 3.63) is 73.3 Å². The van der Waals surface area contributed by atoms with Crippen molar-refractivity contribution in [3.63, 3.8) is 0 Å². The number of hydrogen-bond donors (Lipinski definition) is 3. The SMILES string of the molecule is C=CC(=O)Nc1cccc(-c2ncn3cnc(Nc4ccc(N5CCN(CC(C)(C)O)CC5)c(F)c4F)nc23)c1. The van der Waals surface area contributed by atoms with E-state index in [1.54, 1.807) is 47.7 Å². The van der Waals surface area contributed by atoms with Gasteiger partial charge in [0.15, 0.2) is 17.3 Å². The molecule has 0 aliphatic carbocycles. The fraction of sp³-hybridized carbons (Fsp3) is 0.286. The van der Waals surface area contributed by atoms with Crippen molar-refractivity contribution in [1.82, 2.24) is 24.3 Å². The van der Waals surface area contributed by atoms with E-state index < -0.39 is 17.2 Å². The summed E-state index contributed by atoms with van der Waals surface area (Å²) in [5, 5.41) is 15.5. The molecule has 2 aromatic heterocycles. The Balaban J connectivity index is 1.34. The summed E-state index contributed by atoms with van der Waals surface area (Å²) < 4.78 is 31.9. The highest BCUT2D eigenvalue weighted by atomic mass is 19.2. The smallest absolute Gasteiger partial charge is 0.247 e. The number of carbonyl (C=O) groups excluding carboxylic acids is 1. The molecule has 0 unspecified atom stereocenters. The number of benzene rings is 2. The van der Waals surface area contributed by atoms with Gasteiger partial charge in [0, 0.05) is 44.0 Å². The number of nitrogens with zero attached hydrogens (tertiary/aromatic N) is 6. The highest BCUT2D eigenvalue weighted by Gasteiger charge is 2.26. The Labute approximate surface area is 230 Å². The third-order valence-electron chi connectivity index (χ3n) is 6.50. The lowest BCUT2D eigenvalue weighted by Gasteiger charge is -2.38. The van der Waals surface area contributed by atoms with Crippen molar-refractivity contribution in [2.24, 2.45) is 0 Å². The number of hydrogen-bond acceptors (Lipinski definition) is 8. The lowest BCUT2D eigenvalue weighted by molar-refractivity contribution is -0.111. The third kappa shape index (κ3) is 5.92. The summed E-state index contributed by atoms with van der Waals surface area (Å²) in [6.07, 6.45) is 4.19. The maximum atomic E-state index is 15.2. The van der Waals surface area contributed by atoms with Gasteiger partial charge in [0.05, 0.1) is 17.0 Å². The third-order valence-corrected chi connectivity index (χ3v) is 6.50. The van der Waals surface area contributed by atoms with Gasteiger partial charge in [0.25, 0.3) is 0 Å². The number of fused-ring (bicyclic) bond motifs is 1. The zero-order valence-corrected chi connectivity index (χ0v) is 22.2. The van der Waals surface area contributed by atoms with Crippen molar-refractivity contribution in [1.29, 1.82) is 0 Å². The molecule has 0 bridgehead atoms. The molecule has 3 heterocycles. The molecule has 1 aliphatic rings. The van der Waals surface area contributed by atoms with Crippen LogP contribution in [0.1, 0.15) is 13.8 Å². The van der Waals surface area contributed by atoms with Gasteiger partial charge >= 0.3 is 0 Å². The highest BCUT2D eigenvalue weighted by Crippen LogP contribution is 2.30. The zero-order chi connectivity index (χ0) is 28.4. The van der Waals surface area contributed by atoms with E-state index in [2.05, 4.69) is 37.1 Å². The van der Waals surface area contributed by atoms with Gasteiger partial charge in [-0.15, -0.1) is 0 Å². The molecular weight excluding hydrogens is 518 g/mol. The van der Waals surface area contributed by atoms with Crippen LogP contribution in [-0.2, 0) is 4.79 Å². The Morgan fingerprint density at radius 3 is 2.58 bits per heavy atom. The monoisotopic (exact) mass is 548 g/mol. The van der Waals surface area contributed by atoms with Crippen LogP contribution in [0.5, 0.6) is 0 Å². The van der Waals surface area contributed by atoms with Crippen LogP contribution in [0.4, 0.5) is 31.8 Å². The second-order valence-corrected chi connectivity index (χ2v) is 10.2. The standard InChI is InChI=1S/C28H30F2N8O2/c1-4-22(39)33-19-7-5-6-18(14-19)25-26-35-27(32-17-38(26)16-31-25)34-20-8-9-21(24(30)23(20)29)37-12-10-36(11-13-37)15-28(2,3)40/h4-9,14,16-17,40H,1,10-13,15H2,2-3H3,(H,33,39)(H,34,35). The molecule has 208 valence electrons. The molecule has 2 aromatic carbocycles. The van der Waals surface area contributed by atoms with Gasteiger partial charge in [-0.25, -0.2) is 18.7 Å². The summed E-state index contributed by atoms with van der Waals surface area (Å²) in [6, 6.07) is 10.1. The van der Waals surface area contributed by atoms with Crippen LogP contribution in [0.15, 0.2) is 61.7 Å². The minimum atomic E-state index is -1.03. The largest absolute Gasteiger partial charge is 0.389 e. The number of aromatic nitrogens is 4. The first-order valence-corrected chi connectivity index (χ1v) is 12.8. The van der Waals surface area contributed by atoms with Crippen LogP contribution in [0.3, 0.4) is 0 Å². The second kappa shape index (κ2) is 11.0. The number of anilines is 4. The molecule has 3 N–H and O–H groups in total. The van der Waals surface area contributed by atoms with E-state index in [9.17, 15) is 9.90 Å². The normalized spacial score (nSPS) is 14.4. The van der Waals surface area contributed by atoms with Crippen LogP contribution in [0.25, 0.3) is 16.9 Å². The number of rotatable bonds is 8. The lowest BCUT2D eigenvalue weighted by atomic mass is 10.1. The maximum Gasteiger partial charge on any atom is 0.247 e. The molecular formula is C28H30F2N8O2. The lowest BCUT2D eigenvalue weighted by Crippen LogP contribution is -2.50. The number of aliphatic hydroxyl groups is 1. The van der Waals surface area contributed by atoms with E-state index in [0.717, 1.165) is 0 Å². The van der Waals surface area contributed by atoms with E-state index in [1.165, 1.54) is 24.5 Å². The molecule has 0 atom stereocenters. The predicted octanol–water partition coefficient (Wildman–Crippen LogP) is 3.83. The minimum Gasteiger partial charge on any atom is -0.389 e. The molecule has 1 fully saturated rings. The van der Waals surface area contributed by atoms with Crippen LogP contribution in [0.2, 0.25) is 0 Å². The predicted molar refractivity (Wildman–Crippen MR) is 150 cm³/mol. The first kappa shape index (κ1) is 27.2. The van der Waals surface area contributed by atoms with E-state index in [1.807, 2.05) is 6.07 Å². The van der Waals surface area contributed by atoms with E-state index in [4.69, 9.17) is 0 Å². The fourth-order valence-corrected chi connectivity index (χ4v) is 4.69. The topological polar surface area (TPSA) is 111 Å². The van der Waals surface area contributed by atoms with Crippen molar-refractivity contribution in [2.75, 3.05) is 48.3 Å². The fourth-order valence-electron chi connectivity index (χ4n) is 4.69.